The lowest BCUT2D eigenvalue weighted by Crippen LogP contribution is -2.25. The molecule has 0 bridgehead atoms. The summed E-state index contributed by atoms with van der Waals surface area (Å²) >= 11 is 0. The number of ether oxygens (including phenoxy) is 4. The number of fused-ring (bicyclic) bond motifs is 2. The van der Waals surface area contributed by atoms with E-state index < -0.39 is 5.91 Å². The quantitative estimate of drug-likeness (QED) is 0.233. The smallest absolute Gasteiger partial charge is 0.262 e. The number of hydrogen-bond acceptors (Lipinski definition) is 9. The molecule has 11 heteroatoms. The van der Waals surface area contributed by atoms with Crippen LogP contribution in [0.1, 0.15) is 74.0 Å². The van der Waals surface area contributed by atoms with E-state index in [-0.39, 0.29) is 47.6 Å². The van der Waals surface area contributed by atoms with Gasteiger partial charge in [0.25, 0.3) is 5.91 Å². The van der Waals surface area contributed by atoms with Crippen molar-refractivity contribution in [2.45, 2.75) is 57.8 Å². The van der Waals surface area contributed by atoms with Crippen LogP contribution in [0.15, 0.2) is 29.8 Å². The molecule has 2 N–H and O–H groups in total. The summed E-state index contributed by atoms with van der Waals surface area (Å²) in [5, 5.41) is 22.4. The van der Waals surface area contributed by atoms with Gasteiger partial charge in [-0.15, -0.1) is 12.8 Å². The van der Waals surface area contributed by atoms with Crippen LogP contribution in [0, 0.1) is 47.3 Å². The maximum atomic E-state index is 12.3. The van der Waals surface area contributed by atoms with Gasteiger partial charge in [0.15, 0.2) is 28.8 Å². The SMILES string of the molecule is C#CCNC(=O)/C(C#N)=C1\CC(C)(C)c2cc(OC)c(OC)cc21.C#CCNC(=O)CC#N.COc1cc2c(cc1OC)C(C)(C)CC2=O. The van der Waals surface area contributed by atoms with Crippen LogP contribution >= 0.6 is 0 Å². The number of amides is 2. The van der Waals surface area contributed by atoms with E-state index in [0.717, 1.165) is 22.3 Å². The van der Waals surface area contributed by atoms with Gasteiger partial charge >= 0.3 is 0 Å². The Bertz CT molecular complexity index is 1790. The third kappa shape index (κ3) is 9.34. The molecule has 0 aliphatic heterocycles. The summed E-state index contributed by atoms with van der Waals surface area (Å²) in [5.74, 6) is 6.45. The molecule has 256 valence electrons. The molecule has 2 aromatic carbocycles. The molecule has 0 unspecified atom stereocenters. The second-order valence-electron chi connectivity index (χ2n) is 12.2. The minimum Gasteiger partial charge on any atom is -0.493 e. The van der Waals surface area contributed by atoms with Crippen LogP contribution in [-0.2, 0) is 20.4 Å². The molecule has 0 heterocycles. The number of terminal acetylenes is 2. The van der Waals surface area contributed by atoms with Gasteiger partial charge in [0.05, 0.1) is 47.6 Å². The largest absolute Gasteiger partial charge is 0.493 e. The number of carbonyl (C=O) groups is 3. The molecule has 49 heavy (non-hydrogen) atoms. The van der Waals surface area contributed by atoms with Gasteiger partial charge in [0.1, 0.15) is 18.1 Å². The highest BCUT2D eigenvalue weighted by Crippen LogP contribution is 2.50. The van der Waals surface area contributed by atoms with E-state index in [1.807, 2.05) is 24.3 Å². The topological polar surface area (TPSA) is 160 Å². The van der Waals surface area contributed by atoms with Gasteiger partial charge in [-0.1, -0.05) is 39.5 Å². The third-order valence-electron chi connectivity index (χ3n) is 7.97. The van der Waals surface area contributed by atoms with Crippen molar-refractivity contribution in [3.8, 4) is 59.8 Å². The zero-order chi connectivity index (χ0) is 36.9. The predicted molar refractivity (Wildman–Crippen MR) is 185 cm³/mol. The Morgan fingerprint density at radius 1 is 0.755 bits per heavy atom. The molecule has 0 radical (unpaired) electrons. The number of allylic oxidation sites excluding steroid dienone is 1. The molecule has 0 saturated heterocycles. The Hall–Kier alpha value is -5.91. The predicted octanol–water partition coefficient (Wildman–Crippen LogP) is 4.63. The summed E-state index contributed by atoms with van der Waals surface area (Å²) in [6, 6.07) is 11.2. The molecule has 4 rings (SSSR count). The van der Waals surface area contributed by atoms with Gasteiger partial charge in [-0.2, -0.15) is 10.5 Å². The molecular weight excluding hydrogens is 624 g/mol. The van der Waals surface area contributed by atoms with E-state index in [2.05, 4.69) is 50.2 Å². The fourth-order valence-electron chi connectivity index (χ4n) is 5.56. The first-order valence-corrected chi connectivity index (χ1v) is 15.2. The van der Waals surface area contributed by atoms with E-state index in [9.17, 15) is 19.6 Å². The van der Waals surface area contributed by atoms with Gasteiger partial charge in [-0.05, 0) is 63.8 Å². The van der Waals surface area contributed by atoms with Gasteiger partial charge in [0, 0.05) is 12.0 Å². The van der Waals surface area contributed by atoms with E-state index in [1.165, 1.54) is 0 Å². The highest BCUT2D eigenvalue weighted by Gasteiger charge is 2.38. The zero-order valence-corrected chi connectivity index (χ0v) is 29.3. The van der Waals surface area contributed by atoms with Crippen LogP contribution < -0.4 is 29.6 Å². The summed E-state index contributed by atoms with van der Waals surface area (Å²) < 4.78 is 21.2. The second kappa shape index (κ2) is 17.3. The summed E-state index contributed by atoms with van der Waals surface area (Å²) in [5.41, 5.74) is 4.14. The number of ketones is 1. The van der Waals surface area contributed by atoms with Crippen LogP contribution in [0.2, 0.25) is 0 Å². The number of benzene rings is 2. The van der Waals surface area contributed by atoms with E-state index in [1.54, 1.807) is 40.6 Å². The van der Waals surface area contributed by atoms with Gasteiger partial charge in [-0.25, -0.2) is 0 Å². The van der Waals surface area contributed by atoms with Crippen molar-refractivity contribution in [2.75, 3.05) is 41.5 Å². The number of methoxy groups -OCH3 is 4. The van der Waals surface area contributed by atoms with Crippen molar-refractivity contribution >= 4 is 23.2 Å². The highest BCUT2D eigenvalue weighted by molar-refractivity contribution is 6.06. The summed E-state index contributed by atoms with van der Waals surface area (Å²) in [6.07, 6.45) is 11.0. The average molecular weight is 667 g/mol. The number of nitrogens with zero attached hydrogens (tertiary/aromatic N) is 2. The van der Waals surface area contributed by atoms with Gasteiger partial charge in [-0.3, -0.25) is 14.4 Å². The summed E-state index contributed by atoms with van der Waals surface area (Å²) in [4.78, 5) is 34.5. The van der Waals surface area contributed by atoms with Crippen molar-refractivity contribution < 1.29 is 33.3 Å². The minimum absolute atomic E-state index is 0.0828. The molecule has 2 aromatic rings. The number of hydrogen-bond donors (Lipinski definition) is 2. The molecule has 0 spiro atoms. The number of carbonyl (C=O) groups excluding carboxylic acids is 3. The molecule has 0 fully saturated rings. The van der Waals surface area contributed by atoms with E-state index >= 15 is 0 Å². The maximum Gasteiger partial charge on any atom is 0.262 e. The van der Waals surface area contributed by atoms with E-state index in [4.69, 9.17) is 37.1 Å². The lowest BCUT2D eigenvalue weighted by molar-refractivity contribution is -0.120. The molecule has 2 aliphatic rings. The molecule has 0 atom stereocenters. The fourth-order valence-corrected chi connectivity index (χ4v) is 5.56. The molecule has 11 nitrogen and oxygen atoms in total. The summed E-state index contributed by atoms with van der Waals surface area (Å²) in [6.45, 7) is 8.56. The van der Waals surface area contributed by atoms with Crippen LogP contribution in [0.3, 0.4) is 0 Å². The van der Waals surface area contributed by atoms with Gasteiger partial charge < -0.3 is 29.6 Å². The van der Waals surface area contributed by atoms with Crippen LogP contribution in [0.5, 0.6) is 23.0 Å². The van der Waals surface area contributed by atoms with Crippen molar-refractivity contribution in [2.24, 2.45) is 0 Å². The normalized spacial score (nSPS) is 14.9. The lowest BCUT2D eigenvalue weighted by atomic mass is 9.86. The molecule has 2 amide bonds. The van der Waals surface area contributed by atoms with Crippen molar-refractivity contribution in [1.82, 2.24) is 10.6 Å². The molecular formula is C38H42N4O7. The number of nitriles is 2. The number of rotatable bonds is 8. The van der Waals surface area contributed by atoms with Crippen LogP contribution in [0.4, 0.5) is 0 Å². The van der Waals surface area contributed by atoms with Crippen LogP contribution in [-0.4, -0.2) is 59.1 Å². The zero-order valence-electron chi connectivity index (χ0n) is 29.3. The number of Topliss-reactive ketones (excluding diaryl/α,β-unsaturated/α-hetero) is 1. The maximum absolute atomic E-state index is 12.3. The Morgan fingerprint density at radius 2 is 1.20 bits per heavy atom. The Kier molecular flexibility index (Phi) is 13.9. The van der Waals surface area contributed by atoms with Crippen molar-refractivity contribution in [1.29, 1.82) is 10.5 Å². The van der Waals surface area contributed by atoms with Crippen molar-refractivity contribution in [3.63, 3.8) is 0 Å². The Balaban J connectivity index is 0.000000286. The molecule has 0 aromatic heterocycles. The Morgan fingerprint density at radius 3 is 1.67 bits per heavy atom. The third-order valence-corrected chi connectivity index (χ3v) is 7.97. The highest BCUT2D eigenvalue weighted by atomic mass is 16.5. The summed E-state index contributed by atoms with van der Waals surface area (Å²) in [7, 11) is 6.32. The standard InChI is InChI=1S/C19H20N2O3.C13H16O3.C6H6N2O/c1-6-7-21-18(22)14(11-20)13-10-19(2,3)15-9-17(24-5)16(23-4)8-12(13)15;1-13(2)7-10(14)8-5-11(15-3)12(16-4)6-9(8)13;1-2-5-8-6(9)3-4-7/h1,8-9H,7,10H2,2-5H3,(H,21,22);5-6H,7H2,1-4H3;1H,3,5H2,(H,8,9)/b14-13+;;. The van der Waals surface area contributed by atoms with Gasteiger partial charge in [0.2, 0.25) is 5.91 Å². The first-order valence-electron chi connectivity index (χ1n) is 15.2. The first-order chi connectivity index (χ1) is 23.2. The van der Waals surface area contributed by atoms with Crippen molar-refractivity contribution in [3.05, 3.63) is 52.1 Å². The van der Waals surface area contributed by atoms with E-state index in [0.29, 0.717) is 41.4 Å². The Labute approximate surface area is 288 Å². The fraction of sp³-hybridized carbons (Fsp3) is 0.395. The minimum atomic E-state index is -0.455. The average Bonchev–Trinajstić information content (AvgIpc) is 3.47. The first kappa shape index (κ1) is 39.3. The molecule has 0 saturated carbocycles. The molecule has 2 aliphatic carbocycles. The second-order valence-corrected chi connectivity index (χ2v) is 12.2. The number of nitrogens with one attached hydrogen (secondary N) is 2. The lowest BCUT2D eigenvalue weighted by Gasteiger charge is -2.19. The monoisotopic (exact) mass is 666 g/mol. The van der Waals surface area contributed by atoms with Crippen LogP contribution in [0.25, 0.3) is 5.57 Å².